The smallest absolute Gasteiger partial charge is 0.224 e. The Bertz CT molecular complexity index is 429. The van der Waals surface area contributed by atoms with Crippen LogP contribution in [0.2, 0.25) is 0 Å². The first-order valence-electron chi connectivity index (χ1n) is 7.73. The van der Waals surface area contributed by atoms with E-state index in [0.29, 0.717) is 12.5 Å². The van der Waals surface area contributed by atoms with E-state index in [2.05, 4.69) is 34.1 Å². The minimum atomic E-state index is 0.0896. The van der Waals surface area contributed by atoms with Gasteiger partial charge in [-0.05, 0) is 38.1 Å². The van der Waals surface area contributed by atoms with Crippen LogP contribution in [0.4, 0.5) is 0 Å². The standard InChI is InChI=1S/C16H26N4O/c1-14(20-11-9-19(2)10-12-20)3-8-18-16(21)13-15-4-6-17-7-5-15/h4-7,14H,3,8-13H2,1-2H3,(H,18,21)/t14-/m0/s1. The van der Waals surface area contributed by atoms with Crippen molar-refractivity contribution in [1.29, 1.82) is 0 Å². The molecule has 116 valence electrons. The molecule has 1 aliphatic rings. The van der Waals surface area contributed by atoms with Gasteiger partial charge in [-0.15, -0.1) is 0 Å². The predicted octanol–water partition coefficient (Wildman–Crippen LogP) is 0.766. The molecule has 0 spiro atoms. The molecule has 0 unspecified atom stereocenters. The molecule has 5 heteroatoms. The van der Waals surface area contributed by atoms with E-state index in [1.807, 2.05) is 12.1 Å². The fraction of sp³-hybridized carbons (Fsp3) is 0.625. The number of hydrogen-bond acceptors (Lipinski definition) is 4. The Hall–Kier alpha value is -1.46. The monoisotopic (exact) mass is 290 g/mol. The highest BCUT2D eigenvalue weighted by Gasteiger charge is 2.18. The van der Waals surface area contributed by atoms with E-state index in [9.17, 15) is 4.79 Å². The van der Waals surface area contributed by atoms with Crippen molar-refractivity contribution in [3.63, 3.8) is 0 Å². The van der Waals surface area contributed by atoms with Crippen molar-refractivity contribution < 1.29 is 4.79 Å². The average molecular weight is 290 g/mol. The number of carbonyl (C=O) groups excluding carboxylic acids is 1. The minimum absolute atomic E-state index is 0.0896. The van der Waals surface area contributed by atoms with Crippen LogP contribution < -0.4 is 5.32 Å². The van der Waals surface area contributed by atoms with Gasteiger partial charge >= 0.3 is 0 Å². The summed E-state index contributed by atoms with van der Waals surface area (Å²) in [7, 11) is 2.17. The fourth-order valence-corrected chi connectivity index (χ4v) is 2.61. The topological polar surface area (TPSA) is 48.5 Å². The maximum absolute atomic E-state index is 11.9. The number of piperazine rings is 1. The number of hydrogen-bond donors (Lipinski definition) is 1. The van der Waals surface area contributed by atoms with Crippen LogP contribution in [0.25, 0.3) is 0 Å². The molecule has 1 N–H and O–H groups in total. The molecule has 0 aromatic carbocycles. The summed E-state index contributed by atoms with van der Waals surface area (Å²) in [6.45, 7) is 7.53. The molecule has 5 nitrogen and oxygen atoms in total. The second-order valence-electron chi connectivity index (χ2n) is 5.86. The van der Waals surface area contributed by atoms with Crippen molar-refractivity contribution in [2.24, 2.45) is 0 Å². The van der Waals surface area contributed by atoms with E-state index in [1.54, 1.807) is 12.4 Å². The second-order valence-corrected chi connectivity index (χ2v) is 5.86. The highest BCUT2D eigenvalue weighted by molar-refractivity contribution is 5.78. The van der Waals surface area contributed by atoms with E-state index in [1.165, 1.54) is 0 Å². The van der Waals surface area contributed by atoms with Crippen LogP contribution in [0.5, 0.6) is 0 Å². The number of amides is 1. The normalized spacial score (nSPS) is 18.4. The molecule has 1 atom stereocenters. The molecule has 1 aliphatic heterocycles. The first kappa shape index (κ1) is 15.9. The zero-order chi connectivity index (χ0) is 15.1. The summed E-state index contributed by atoms with van der Waals surface area (Å²) in [5, 5.41) is 3.01. The Morgan fingerprint density at radius 2 is 1.95 bits per heavy atom. The first-order valence-corrected chi connectivity index (χ1v) is 7.73. The summed E-state index contributed by atoms with van der Waals surface area (Å²) in [4.78, 5) is 20.7. The van der Waals surface area contributed by atoms with Crippen LogP contribution in [0.1, 0.15) is 18.9 Å². The number of rotatable bonds is 6. The molecule has 21 heavy (non-hydrogen) atoms. The van der Waals surface area contributed by atoms with E-state index in [-0.39, 0.29) is 5.91 Å². The molecule has 0 saturated carbocycles. The lowest BCUT2D eigenvalue weighted by atomic mass is 10.1. The van der Waals surface area contributed by atoms with E-state index in [4.69, 9.17) is 0 Å². The molecular weight excluding hydrogens is 264 g/mol. The third-order valence-corrected chi connectivity index (χ3v) is 4.16. The lowest BCUT2D eigenvalue weighted by Gasteiger charge is -2.36. The van der Waals surface area contributed by atoms with Crippen molar-refractivity contribution in [1.82, 2.24) is 20.1 Å². The molecule has 0 aliphatic carbocycles. The molecule has 1 fully saturated rings. The largest absolute Gasteiger partial charge is 0.356 e. The molecule has 2 heterocycles. The van der Waals surface area contributed by atoms with E-state index in [0.717, 1.165) is 44.7 Å². The molecule has 1 aromatic heterocycles. The van der Waals surface area contributed by atoms with Crippen molar-refractivity contribution in [2.45, 2.75) is 25.8 Å². The summed E-state index contributed by atoms with van der Waals surface area (Å²) >= 11 is 0. The van der Waals surface area contributed by atoms with Crippen molar-refractivity contribution in [3.05, 3.63) is 30.1 Å². The molecule has 0 radical (unpaired) electrons. The minimum Gasteiger partial charge on any atom is -0.356 e. The molecular formula is C16H26N4O. The molecule has 1 aromatic rings. The van der Waals surface area contributed by atoms with Crippen LogP contribution in [0.3, 0.4) is 0 Å². The first-order chi connectivity index (χ1) is 10.1. The van der Waals surface area contributed by atoms with Gasteiger partial charge in [0.25, 0.3) is 0 Å². The van der Waals surface area contributed by atoms with Gasteiger partial charge in [0.05, 0.1) is 6.42 Å². The summed E-state index contributed by atoms with van der Waals surface area (Å²) in [6, 6.07) is 4.29. The van der Waals surface area contributed by atoms with Gasteiger partial charge in [0.1, 0.15) is 0 Å². The third-order valence-electron chi connectivity index (χ3n) is 4.16. The number of nitrogens with zero attached hydrogens (tertiary/aromatic N) is 3. The second kappa shape index (κ2) is 8.10. The maximum atomic E-state index is 11.9. The van der Waals surface area contributed by atoms with E-state index < -0.39 is 0 Å². The zero-order valence-electron chi connectivity index (χ0n) is 13.1. The van der Waals surface area contributed by atoms with Crippen LogP contribution in [0, 0.1) is 0 Å². The third kappa shape index (κ3) is 5.44. The molecule has 2 rings (SSSR count). The molecule has 1 amide bonds. The van der Waals surface area contributed by atoms with E-state index >= 15 is 0 Å². The van der Waals surface area contributed by atoms with Gasteiger partial charge in [0.15, 0.2) is 0 Å². The highest BCUT2D eigenvalue weighted by atomic mass is 16.1. The van der Waals surface area contributed by atoms with Gasteiger partial charge in [-0.2, -0.15) is 0 Å². The van der Waals surface area contributed by atoms with Crippen molar-refractivity contribution >= 4 is 5.91 Å². The highest BCUT2D eigenvalue weighted by Crippen LogP contribution is 2.07. The Morgan fingerprint density at radius 3 is 2.62 bits per heavy atom. The Labute approximate surface area is 127 Å². The lowest BCUT2D eigenvalue weighted by Crippen LogP contribution is -2.48. The lowest BCUT2D eigenvalue weighted by molar-refractivity contribution is -0.120. The zero-order valence-corrected chi connectivity index (χ0v) is 13.1. The summed E-state index contributed by atoms with van der Waals surface area (Å²) in [5.41, 5.74) is 1.01. The number of nitrogens with one attached hydrogen (secondary N) is 1. The SMILES string of the molecule is C[C@@H](CCNC(=O)Cc1ccncc1)N1CCN(C)CC1. The van der Waals surface area contributed by atoms with Gasteiger partial charge in [0.2, 0.25) is 5.91 Å². The van der Waals surface area contributed by atoms with Crippen LogP contribution in [-0.2, 0) is 11.2 Å². The number of carbonyl (C=O) groups is 1. The summed E-state index contributed by atoms with van der Waals surface area (Å²) in [5.74, 6) is 0.0896. The molecule has 1 saturated heterocycles. The Morgan fingerprint density at radius 1 is 1.29 bits per heavy atom. The van der Waals surface area contributed by atoms with Crippen molar-refractivity contribution in [3.8, 4) is 0 Å². The van der Waals surface area contributed by atoms with Crippen LogP contribution >= 0.6 is 0 Å². The van der Waals surface area contributed by atoms with Crippen LogP contribution in [-0.4, -0.2) is 66.5 Å². The maximum Gasteiger partial charge on any atom is 0.224 e. The van der Waals surface area contributed by atoms with Gasteiger partial charge in [-0.25, -0.2) is 0 Å². The van der Waals surface area contributed by atoms with Crippen molar-refractivity contribution in [2.75, 3.05) is 39.8 Å². The predicted molar refractivity (Wildman–Crippen MR) is 84.1 cm³/mol. The number of aromatic nitrogens is 1. The summed E-state index contributed by atoms with van der Waals surface area (Å²) < 4.78 is 0. The van der Waals surface area contributed by atoms with Gasteiger partial charge in [-0.3, -0.25) is 14.7 Å². The van der Waals surface area contributed by atoms with Gasteiger partial charge < -0.3 is 10.2 Å². The fourth-order valence-electron chi connectivity index (χ4n) is 2.61. The quantitative estimate of drug-likeness (QED) is 0.840. The van der Waals surface area contributed by atoms with Gasteiger partial charge in [-0.1, -0.05) is 0 Å². The number of pyridine rings is 1. The molecule has 0 bridgehead atoms. The average Bonchev–Trinajstić information content (AvgIpc) is 2.49. The number of likely N-dealkylation sites (N-methyl/N-ethyl adjacent to an activating group) is 1. The van der Waals surface area contributed by atoms with Crippen LogP contribution in [0.15, 0.2) is 24.5 Å². The van der Waals surface area contributed by atoms with Gasteiger partial charge in [0, 0.05) is 51.2 Å². The Kier molecular flexibility index (Phi) is 6.14. The Balaban J connectivity index is 1.63. The summed E-state index contributed by atoms with van der Waals surface area (Å²) in [6.07, 6.45) is 4.88.